The minimum atomic E-state index is -0.828. The van der Waals surface area contributed by atoms with Gasteiger partial charge in [0.1, 0.15) is 11.8 Å². The molecule has 2 N–H and O–H groups in total. The molecule has 0 radical (unpaired) electrons. The van der Waals surface area contributed by atoms with Crippen LogP contribution in [-0.2, 0) is 24.3 Å². The van der Waals surface area contributed by atoms with Gasteiger partial charge >= 0.3 is 5.97 Å². The SMILES string of the molecule is Cc1noc(C)c1CN1Cc2[nH]cnc2C[C@H]1C(=O)O. The molecule has 3 heterocycles. The number of hydrogen-bond acceptors (Lipinski definition) is 5. The van der Waals surface area contributed by atoms with Crippen molar-refractivity contribution >= 4 is 5.97 Å². The van der Waals surface area contributed by atoms with Crippen LogP contribution >= 0.6 is 0 Å². The van der Waals surface area contributed by atoms with Crippen molar-refractivity contribution in [1.29, 1.82) is 0 Å². The quantitative estimate of drug-likeness (QED) is 0.869. The lowest BCUT2D eigenvalue weighted by molar-refractivity contribution is -0.144. The molecule has 0 saturated carbocycles. The van der Waals surface area contributed by atoms with E-state index in [-0.39, 0.29) is 0 Å². The molecule has 0 bridgehead atoms. The highest BCUT2D eigenvalue weighted by molar-refractivity contribution is 5.74. The Balaban J connectivity index is 1.89. The third-order valence-corrected chi connectivity index (χ3v) is 3.82. The molecule has 2 aromatic heterocycles. The van der Waals surface area contributed by atoms with E-state index in [4.69, 9.17) is 4.52 Å². The van der Waals surface area contributed by atoms with Crippen molar-refractivity contribution in [3.05, 3.63) is 34.7 Å². The van der Waals surface area contributed by atoms with E-state index in [1.54, 1.807) is 6.33 Å². The standard InChI is InChI=1S/C13H16N4O3/c1-7-9(8(2)20-16-7)4-17-5-11-10(14-6-15-11)3-12(17)13(18)19/h6,12H,3-5H2,1-2H3,(H,14,15)(H,18,19)/t12-/m0/s1. The topological polar surface area (TPSA) is 95.3 Å². The van der Waals surface area contributed by atoms with Gasteiger partial charge in [0.05, 0.1) is 23.4 Å². The molecule has 0 amide bonds. The Morgan fingerprint density at radius 3 is 3.05 bits per heavy atom. The average Bonchev–Trinajstić information content (AvgIpc) is 2.98. The number of imidazole rings is 1. The zero-order chi connectivity index (χ0) is 14.3. The Labute approximate surface area is 115 Å². The van der Waals surface area contributed by atoms with E-state index >= 15 is 0 Å². The number of rotatable bonds is 3. The van der Waals surface area contributed by atoms with Gasteiger partial charge in [0.15, 0.2) is 0 Å². The normalized spacial score (nSPS) is 19.0. The highest BCUT2D eigenvalue weighted by Gasteiger charge is 2.33. The molecule has 2 aromatic rings. The van der Waals surface area contributed by atoms with E-state index in [1.807, 2.05) is 18.7 Å². The van der Waals surface area contributed by atoms with Gasteiger partial charge in [-0.15, -0.1) is 0 Å². The van der Waals surface area contributed by atoms with Crippen LogP contribution in [0.25, 0.3) is 0 Å². The molecular weight excluding hydrogens is 260 g/mol. The summed E-state index contributed by atoms with van der Waals surface area (Å²) in [4.78, 5) is 20.6. The van der Waals surface area contributed by atoms with Gasteiger partial charge < -0.3 is 14.6 Å². The van der Waals surface area contributed by atoms with E-state index in [1.165, 1.54) is 0 Å². The minimum absolute atomic E-state index is 0.414. The molecule has 0 saturated heterocycles. The van der Waals surface area contributed by atoms with Crippen molar-refractivity contribution < 1.29 is 14.4 Å². The third kappa shape index (κ3) is 2.09. The van der Waals surface area contributed by atoms with Gasteiger partial charge in [0.2, 0.25) is 0 Å². The molecule has 1 aliphatic rings. The number of nitrogens with one attached hydrogen (secondary N) is 1. The highest BCUT2D eigenvalue weighted by atomic mass is 16.5. The first kappa shape index (κ1) is 12.9. The van der Waals surface area contributed by atoms with Crippen molar-refractivity contribution in [1.82, 2.24) is 20.0 Å². The van der Waals surface area contributed by atoms with Crippen molar-refractivity contribution in [2.75, 3.05) is 0 Å². The summed E-state index contributed by atoms with van der Waals surface area (Å²) >= 11 is 0. The Bertz CT molecular complexity index is 626. The van der Waals surface area contributed by atoms with Crippen LogP contribution in [-0.4, -0.2) is 37.1 Å². The molecule has 0 fully saturated rings. The van der Waals surface area contributed by atoms with Crippen LogP contribution in [0.2, 0.25) is 0 Å². The number of aromatic amines is 1. The smallest absolute Gasteiger partial charge is 0.321 e. The number of nitrogens with zero attached hydrogens (tertiary/aromatic N) is 3. The Morgan fingerprint density at radius 1 is 1.60 bits per heavy atom. The lowest BCUT2D eigenvalue weighted by Gasteiger charge is -2.32. The van der Waals surface area contributed by atoms with Crippen molar-refractivity contribution in [2.24, 2.45) is 0 Å². The molecule has 0 aliphatic carbocycles. The minimum Gasteiger partial charge on any atom is -0.480 e. The Kier molecular flexibility index (Phi) is 3.06. The summed E-state index contributed by atoms with van der Waals surface area (Å²) in [6.07, 6.45) is 2.03. The van der Waals surface area contributed by atoms with Crippen LogP contribution in [0.1, 0.15) is 28.4 Å². The molecule has 3 rings (SSSR count). The summed E-state index contributed by atoms with van der Waals surface area (Å²) in [6, 6.07) is -0.570. The molecule has 1 aliphatic heterocycles. The van der Waals surface area contributed by atoms with E-state index in [0.717, 1.165) is 28.4 Å². The third-order valence-electron chi connectivity index (χ3n) is 3.82. The van der Waals surface area contributed by atoms with Gasteiger partial charge in [0, 0.05) is 25.1 Å². The van der Waals surface area contributed by atoms with Crippen LogP contribution in [0, 0.1) is 13.8 Å². The summed E-state index contributed by atoms with van der Waals surface area (Å²) in [5, 5.41) is 13.3. The molecular formula is C13H16N4O3. The Hall–Kier alpha value is -2.15. The van der Waals surface area contributed by atoms with E-state index < -0.39 is 12.0 Å². The first-order chi connectivity index (χ1) is 9.56. The fourth-order valence-corrected chi connectivity index (χ4v) is 2.63. The largest absolute Gasteiger partial charge is 0.480 e. The number of carboxylic acids is 1. The second kappa shape index (κ2) is 4.75. The van der Waals surface area contributed by atoms with Gasteiger partial charge in [-0.05, 0) is 13.8 Å². The van der Waals surface area contributed by atoms with Crippen LogP contribution < -0.4 is 0 Å². The summed E-state index contributed by atoms with van der Waals surface area (Å²) in [7, 11) is 0. The number of H-pyrrole nitrogens is 1. The second-order valence-corrected chi connectivity index (χ2v) is 5.09. The maximum absolute atomic E-state index is 11.5. The molecule has 0 spiro atoms. The van der Waals surface area contributed by atoms with Crippen molar-refractivity contribution in [3.8, 4) is 0 Å². The van der Waals surface area contributed by atoms with Gasteiger partial charge in [-0.25, -0.2) is 4.98 Å². The lowest BCUT2D eigenvalue weighted by Crippen LogP contribution is -2.45. The zero-order valence-corrected chi connectivity index (χ0v) is 11.4. The van der Waals surface area contributed by atoms with Gasteiger partial charge in [-0.1, -0.05) is 5.16 Å². The Morgan fingerprint density at radius 2 is 2.40 bits per heavy atom. The van der Waals surface area contributed by atoms with Crippen molar-refractivity contribution in [3.63, 3.8) is 0 Å². The fourth-order valence-electron chi connectivity index (χ4n) is 2.63. The van der Waals surface area contributed by atoms with Gasteiger partial charge in [-0.2, -0.15) is 0 Å². The number of carbonyl (C=O) groups is 1. The maximum atomic E-state index is 11.5. The average molecular weight is 276 g/mol. The molecule has 1 atom stereocenters. The van der Waals surface area contributed by atoms with Gasteiger partial charge in [0.25, 0.3) is 0 Å². The monoisotopic (exact) mass is 276 g/mol. The van der Waals surface area contributed by atoms with E-state index in [2.05, 4.69) is 15.1 Å². The van der Waals surface area contributed by atoms with Crippen molar-refractivity contribution in [2.45, 2.75) is 39.4 Å². The number of hydrogen-bond donors (Lipinski definition) is 2. The lowest BCUT2D eigenvalue weighted by atomic mass is 10.0. The van der Waals surface area contributed by atoms with Crippen LogP contribution in [0.4, 0.5) is 0 Å². The summed E-state index contributed by atoms with van der Waals surface area (Å²) in [5.74, 6) is -0.0903. The molecule has 0 unspecified atom stereocenters. The number of aryl methyl sites for hydroxylation is 2. The maximum Gasteiger partial charge on any atom is 0.321 e. The fraction of sp³-hybridized carbons (Fsp3) is 0.462. The predicted molar refractivity (Wildman–Crippen MR) is 68.9 cm³/mol. The molecule has 7 heteroatoms. The van der Waals surface area contributed by atoms with Gasteiger partial charge in [-0.3, -0.25) is 9.69 Å². The molecule has 20 heavy (non-hydrogen) atoms. The number of aromatic nitrogens is 3. The van der Waals surface area contributed by atoms with E-state index in [9.17, 15) is 9.90 Å². The van der Waals surface area contributed by atoms with Crippen LogP contribution in [0.15, 0.2) is 10.9 Å². The first-order valence-electron chi connectivity index (χ1n) is 6.46. The summed E-state index contributed by atoms with van der Waals surface area (Å²) in [5.41, 5.74) is 3.59. The predicted octanol–water partition coefficient (Wildman–Crippen LogP) is 1.03. The second-order valence-electron chi connectivity index (χ2n) is 5.09. The zero-order valence-electron chi connectivity index (χ0n) is 11.4. The number of fused-ring (bicyclic) bond motifs is 1. The summed E-state index contributed by atoms with van der Waals surface area (Å²) in [6.45, 7) is 4.76. The molecule has 0 aromatic carbocycles. The van der Waals surface area contributed by atoms with E-state index in [0.29, 0.717) is 19.5 Å². The van der Waals surface area contributed by atoms with Crippen LogP contribution in [0.3, 0.4) is 0 Å². The molecule has 106 valence electrons. The number of aliphatic carboxylic acids is 1. The highest BCUT2D eigenvalue weighted by Crippen LogP contribution is 2.24. The first-order valence-corrected chi connectivity index (χ1v) is 6.46. The summed E-state index contributed by atoms with van der Waals surface area (Å²) < 4.78 is 5.14. The van der Waals surface area contributed by atoms with Crippen LogP contribution in [0.5, 0.6) is 0 Å². The molecule has 7 nitrogen and oxygen atoms in total. The number of carboxylic acid groups (broad SMARTS) is 1.